The second-order valence-corrected chi connectivity index (χ2v) is 3.50. The van der Waals surface area contributed by atoms with Gasteiger partial charge in [-0.2, -0.15) is 0 Å². The Morgan fingerprint density at radius 1 is 1.19 bits per heavy atom. The first kappa shape index (κ1) is 10.5. The number of nitrogens with zero attached hydrogens (tertiary/aromatic N) is 2. The molecule has 0 spiro atoms. The van der Waals surface area contributed by atoms with Crippen LogP contribution in [0.3, 0.4) is 0 Å². The number of rotatable bonds is 3. The molecule has 0 radical (unpaired) electrons. The summed E-state index contributed by atoms with van der Waals surface area (Å²) in [4.78, 5) is 8.29. The molecule has 2 rings (SSSR count). The molecule has 2 aromatic rings. The van der Waals surface area contributed by atoms with Crippen LogP contribution in [-0.2, 0) is 6.54 Å². The molecule has 1 aromatic heterocycles. The maximum atomic E-state index is 12.7. The van der Waals surface area contributed by atoms with Gasteiger partial charge in [0, 0.05) is 18.4 Å². The minimum atomic E-state index is -0.226. The van der Waals surface area contributed by atoms with Gasteiger partial charge >= 0.3 is 0 Å². The number of hydrogen-bond donors (Lipinski definition) is 1. The average Bonchev–Trinajstić information content (AvgIpc) is 2.28. The van der Waals surface area contributed by atoms with Crippen molar-refractivity contribution >= 4 is 5.95 Å². The van der Waals surface area contributed by atoms with Crippen LogP contribution in [0.25, 0.3) is 0 Å². The minimum absolute atomic E-state index is 0.226. The third-order valence-electron chi connectivity index (χ3n) is 2.16. The van der Waals surface area contributed by atoms with Crippen molar-refractivity contribution in [3.05, 3.63) is 53.6 Å². The molecule has 0 fully saturated rings. The summed E-state index contributed by atoms with van der Waals surface area (Å²) in [5, 5.41) is 3.08. The first-order valence-corrected chi connectivity index (χ1v) is 5.02. The van der Waals surface area contributed by atoms with E-state index in [2.05, 4.69) is 15.3 Å². The molecule has 0 amide bonds. The predicted octanol–water partition coefficient (Wildman–Crippen LogP) is 2.54. The second-order valence-electron chi connectivity index (χ2n) is 3.50. The third kappa shape index (κ3) is 2.76. The number of hydrogen-bond acceptors (Lipinski definition) is 3. The highest BCUT2D eigenvalue weighted by Crippen LogP contribution is 2.05. The van der Waals surface area contributed by atoms with Gasteiger partial charge in [0.25, 0.3) is 0 Å². The standard InChI is InChI=1S/C12H12FN3/c1-9-6-7-14-12(16-9)15-8-10-2-4-11(13)5-3-10/h2-7H,8H2,1H3,(H,14,15,16). The monoisotopic (exact) mass is 217 g/mol. The zero-order valence-electron chi connectivity index (χ0n) is 8.94. The molecule has 0 saturated heterocycles. The fourth-order valence-corrected chi connectivity index (χ4v) is 1.32. The van der Waals surface area contributed by atoms with Crippen LogP contribution in [0.1, 0.15) is 11.3 Å². The second kappa shape index (κ2) is 4.70. The Balaban J connectivity index is 1.99. The summed E-state index contributed by atoms with van der Waals surface area (Å²) in [6, 6.07) is 8.18. The summed E-state index contributed by atoms with van der Waals surface area (Å²) >= 11 is 0. The maximum Gasteiger partial charge on any atom is 0.223 e. The van der Waals surface area contributed by atoms with Crippen molar-refractivity contribution in [1.29, 1.82) is 0 Å². The molecule has 1 heterocycles. The van der Waals surface area contributed by atoms with E-state index >= 15 is 0 Å². The zero-order chi connectivity index (χ0) is 11.4. The Bertz CT molecular complexity index is 468. The maximum absolute atomic E-state index is 12.7. The molecule has 4 heteroatoms. The van der Waals surface area contributed by atoms with Crippen LogP contribution >= 0.6 is 0 Å². The van der Waals surface area contributed by atoms with E-state index in [1.807, 2.05) is 13.0 Å². The highest BCUT2D eigenvalue weighted by Gasteiger charge is 1.97. The molecule has 3 nitrogen and oxygen atoms in total. The van der Waals surface area contributed by atoms with Crippen molar-refractivity contribution < 1.29 is 4.39 Å². The molecule has 82 valence electrons. The largest absolute Gasteiger partial charge is 0.350 e. The summed E-state index contributed by atoms with van der Waals surface area (Å²) in [6.45, 7) is 2.49. The Morgan fingerprint density at radius 3 is 2.62 bits per heavy atom. The molecular formula is C12H12FN3. The predicted molar refractivity (Wildman–Crippen MR) is 60.5 cm³/mol. The number of aromatic nitrogens is 2. The molecule has 1 aromatic carbocycles. The Kier molecular flexibility index (Phi) is 3.10. The molecule has 0 aliphatic rings. The van der Waals surface area contributed by atoms with Crippen LogP contribution in [0.2, 0.25) is 0 Å². The Labute approximate surface area is 93.4 Å². The fourth-order valence-electron chi connectivity index (χ4n) is 1.32. The van der Waals surface area contributed by atoms with Gasteiger partial charge in [-0.3, -0.25) is 0 Å². The molecule has 0 aliphatic carbocycles. The van der Waals surface area contributed by atoms with Crippen LogP contribution in [0, 0.1) is 12.7 Å². The number of halogens is 1. The summed E-state index contributed by atoms with van der Waals surface area (Å²) < 4.78 is 12.7. The normalized spacial score (nSPS) is 10.1. The lowest BCUT2D eigenvalue weighted by Gasteiger charge is -2.04. The van der Waals surface area contributed by atoms with Crippen molar-refractivity contribution in [2.45, 2.75) is 13.5 Å². The van der Waals surface area contributed by atoms with E-state index in [0.717, 1.165) is 11.3 Å². The zero-order valence-corrected chi connectivity index (χ0v) is 8.94. The van der Waals surface area contributed by atoms with Gasteiger partial charge in [0.1, 0.15) is 5.82 Å². The summed E-state index contributed by atoms with van der Waals surface area (Å²) in [7, 11) is 0. The van der Waals surface area contributed by atoms with Crippen molar-refractivity contribution in [2.24, 2.45) is 0 Å². The first-order valence-electron chi connectivity index (χ1n) is 5.02. The number of nitrogens with one attached hydrogen (secondary N) is 1. The van der Waals surface area contributed by atoms with E-state index in [9.17, 15) is 4.39 Å². The van der Waals surface area contributed by atoms with Crippen LogP contribution in [0.15, 0.2) is 36.5 Å². The van der Waals surface area contributed by atoms with Crippen LogP contribution in [0.4, 0.5) is 10.3 Å². The van der Waals surface area contributed by atoms with Gasteiger partial charge in [0.15, 0.2) is 0 Å². The molecule has 1 N–H and O–H groups in total. The van der Waals surface area contributed by atoms with E-state index < -0.39 is 0 Å². The molecule has 0 aliphatic heterocycles. The summed E-state index contributed by atoms with van der Waals surface area (Å²) in [5.74, 6) is 0.361. The van der Waals surface area contributed by atoms with Crippen LogP contribution in [0.5, 0.6) is 0 Å². The lowest BCUT2D eigenvalue weighted by Crippen LogP contribution is -2.03. The number of aryl methyl sites for hydroxylation is 1. The molecule has 0 bridgehead atoms. The highest BCUT2D eigenvalue weighted by molar-refractivity contribution is 5.28. The van der Waals surface area contributed by atoms with Gasteiger partial charge in [0.05, 0.1) is 0 Å². The Hall–Kier alpha value is -1.97. The quantitative estimate of drug-likeness (QED) is 0.858. The molecular weight excluding hydrogens is 205 g/mol. The van der Waals surface area contributed by atoms with Crippen molar-refractivity contribution in [2.75, 3.05) is 5.32 Å². The van der Waals surface area contributed by atoms with Gasteiger partial charge in [-0.1, -0.05) is 12.1 Å². The third-order valence-corrected chi connectivity index (χ3v) is 2.16. The van der Waals surface area contributed by atoms with E-state index in [1.54, 1.807) is 18.3 Å². The Morgan fingerprint density at radius 2 is 1.94 bits per heavy atom. The van der Waals surface area contributed by atoms with Crippen molar-refractivity contribution in [1.82, 2.24) is 9.97 Å². The molecule has 16 heavy (non-hydrogen) atoms. The van der Waals surface area contributed by atoms with E-state index in [4.69, 9.17) is 0 Å². The summed E-state index contributed by atoms with van der Waals surface area (Å²) in [6.07, 6.45) is 1.70. The van der Waals surface area contributed by atoms with E-state index in [1.165, 1.54) is 12.1 Å². The summed E-state index contributed by atoms with van der Waals surface area (Å²) in [5.41, 5.74) is 1.91. The molecule has 0 atom stereocenters. The molecule has 0 saturated carbocycles. The fraction of sp³-hybridized carbons (Fsp3) is 0.167. The smallest absolute Gasteiger partial charge is 0.223 e. The lowest BCUT2D eigenvalue weighted by atomic mass is 10.2. The van der Waals surface area contributed by atoms with E-state index in [-0.39, 0.29) is 5.82 Å². The van der Waals surface area contributed by atoms with Gasteiger partial charge in [0.2, 0.25) is 5.95 Å². The van der Waals surface area contributed by atoms with Crippen LogP contribution in [-0.4, -0.2) is 9.97 Å². The van der Waals surface area contributed by atoms with Crippen LogP contribution < -0.4 is 5.32 Å². The first-order chi connectivity index (χ1) is 7.74. The van der Waals surface area contributed by atoms with Gasteiger partial charge in [-0.25, -0.2) is 14.4 Å². The van der Waals surface area contributed by atoms with Gasteiger partial charge in [-0.05, 0) is 30.7 Å². The van der Waals surface area contributed by atoms with Gasteiger partial charge in [-0.15, -0.1) is 0 Å². The average molecular weight is 217 g/mol. The minimum Gasteiger partial charge on any atom is -0.350 e. The topological polar surface area (TPSA) is 37.8 Å². The van der Waals surface area contributed by atoms with Crippen molar-refractivity contribution in [3.8, 4) is 0 Å². The molecule has 0 unspecified atom stereocenters. The van der Waals surface area contributed by atoms with Crippen molar-refractivity contribution in [3.63, 3.8) is 0 Å². The van der Waals surface area contributed by atoms with E-state index in [0.29, 0.717) is 12.5 Å². The number of anilines is 1. The SMILES string of the molecule is Cc1ccnc(NCc2ccc(F)cc2)n1. The lowest BCUT2D eigenvalue weighted by molar-refractivity contribution is 0.627. The van der Waals surface area contributed by atoms with Gasteiger partial charge < -0.3 is 5.32 Å². The highest BCUT2D eigenvalue weighted by atomic mass is 19.1. The number of benzene rings is 1.